The lowest BCUT2D eigenvalue weighted by atomic mass is 9.41. The molecule has 2 saturated heterocycles. The van der Waals surface area contributed by atoms with Gasteiger partial charge in [-0.05, 0) is 105 Å². The average molecular weight is 663 g/mol. The first-order valence-corrected chi connectivity index (χ1v) is 18.2. The van der Waals surface area contributed by atoms with E-state index in [-0.39, 0.29) is 57.9 Å². The number of esters is 1. The topological polar surface area (TPSA) is 152 Å². The summed E-state index contributed by atoms with van der Waals surface area (Å²) in [6, 6.07) is 0. The monoisotopic (exact) mass is 662 g/mol. The molecule has 7 aliphatic rings. The summed E-state index contributed by atoms with van der Waals surface area (Å²) in [5, 5.41) is 41.8. The van der Waals surface area contributed by atoms with E-state index >= 15 is 0 Å². The van der Waals surface area contributed by atoms with Gasteiger partial charge in [-0.15, -0.1) is 0 Å². The molecule has 10 nitrogen and oxygen atoms in total. The van der Waals surface area contributed by atoms with Crippen molar-refractivity contribution in [2.75, 3.05) is 6.61 Å². The van der Waals surface area contributed by atoms with Crippen LogP contribution in [-0.4, -0.2) is 93.4 Å². The van der Waals surface area contributed by atoms with Gasteiger partial charge in [0.15, 0.2) is 18.2 Å². The predicted molar refractivity (Wildman–Crippen MR) is 170 cm³/mol. The molecule has 5 aliphatic carbocycles. The van der Waals surface area contributed by atoms with Crippen molar-refractivity contribution in [3.63, 3.8) is 0 Å². The van der Waals surface area contributed by atoms with Crippen molar-refractivity contribution >= 4 is 11.8 Å². The molecular weight excluding hydrogens is 604 g/mol. The zero-order valence-electron chi connectivity index (χ0n) is 29.5. The van der Waals surface area contributed by atoms with Gasteiger partial charge in [-0.1, -0.05) is 34.6 Å². The number of ether oxygens (including phenoxy) is 4. The third-order valence-corrected chi connectivity index (χ3v) is 15.6. The summed E-state index contributed by atoms with van der Waals surface area (Å²) in [4.78, 5) is 27.0. The fourth-order valence-electron chi connectivity index (χ4n) is 13.4. The van der Waals surface area contributed by atoms with Crippen LogP contribution in [0.3, 0.4) is 0 Å². The smallest absolute Gasteiger partial charge is 0.303 e. The molecule has 0 bridgehead atoms. The lowest BCUT2D eigenvalue weighted by Crippen LogP contribution is -2.60. The van der Waals surface area contributed by atoms with E-state index in [9.17, 15) is 30.0 Å². The molecule has 0 aromatic carbocycles. The van der Waals surface area contributed by atoms with Crippen LogP contribution in [0.1, 0.15) is 107 Å². The third-order valence-electron chi connectivity index (χ3n) is 15.6. The largest absolute Gasteiger partial charge is 0.457 e. The highest BCUT2D eigenvalue weighted by Gasteiger charge is 2.85. The zero-order chi connectivity index (χ0) is 34.3. The Morgan fingerprint density at radius 1 is 0.979 bits per heavy atom. The number of rotatable bonds is 5. The molecule has 2 spiro atoms. The van der Waals surface area contributed by atoms with E-state index in [4.69, 9.17) is 18.9 Å². The molecule has 7 fully saturated rings. The van der Waals surface area contributed by atoms with Crippen LogP contribution < -0.4 is 0 Å². The molecule has 2 unspecified atom stereocenters. The van der Waals surface area contributed by atoms with Crippen LogP contribution in [0.5, 0.6) is 0 Å². The van der Waals surface area contributed by atoms with E-state index in [1.165, 1.54) is 6.92 Å². The normalized spacial score (nSPS) is 53.9. The van der Waals surface area contributed by atoms with Crippen molar-refractivity contribution < 1.29 is 49.0 Å². The maximum Gasteiger partial charge on any atom is 0.303 e. The van der Waals surface area contributed by atoms with E-state index in [0.29, 0.717) is 12.3 Å². The van der Waals surface area contributed by atoms with Gasteiger partial charge in [0.25, 0.3) is 0 Å². The quantitative estimate of drug-likeness (QED) is 0.254. The zero-order valence-corrected chi connectivity index (χ0v) is 29.5. The van der Waals surface area contributed by atoms with Crippen LogP contribution in [0.25, 0.3) is 0 Å². The Morgan fingerprint density at radius 2 is 1.64 bits per heavy atom. The van der Waals surface area contributed by atoms with Crippen LogP contribution in [0.4, 0.5) is 0 Å². The molecule has 0 amide bonds. The molecule has 7 rings (SSSR count). The number of carbonyl (C=O) groups is 2. The molecule has 2 heterocycles. The molecule has 10 heteroatoms. The molecule has 16 atom stereocenters. The van der Waals surface area contributed by atoms with Crippen LogP contribution in [0.15, 0.2) is 0 Å². The molecule has 4 N–H and O–H groups in total. The summed E-state index contributed by atoms with van der Waals surface area (Å²) in [6.07, 6.45) is 0.691. The Bertz CT molecular complexity index is 1290. The first kappa shape index (κ1) is 34.3. The summed E-state index contributed by atoms with van der Waals surface area (Å²) >= 11 is 0. The molecule has 266 valence electrons. The summed E-state index contributed by atoms with van der Waals surface area (Å²) < 4.78 is 24.4. The minimum atomic E-state index is -1.31. The molecule has 47 heavy (non-hydrogen) atoms. The highest BCUT2D eigenvalue weighted by Crippen LogP contribution is 2.89. The van der Waals surface area contributed by atoms with Gasteiger partial charge in [-0.2, -0.15) is 0 Å². The van der Waals surface area contributed by atoms with Gasteiger partial charge < -0.3 is 39.4 Å². The van der Waals surface area contributed by atoms with Gasteiger partial charge in [-0.25, -0.2) is 0 Å². The van der Waals surface area contributed by atoms with E-state index in [0.717, 1.165) is 44.9 Å². The maximum absolute atomic E-state index is 15.0. The van der Waals surface area contributed by atoms with Crippen LogP contribution in [0.2, 0.25) is 0 Å². The second kappa shape index (κ2) is 10.7. The maximum atomic E-state index is 15.0. The Hall–Kier alpha value is -1.14. The van der Waals surface area contributed by atoms with Gasteiger partial charge in [-0.3, -0.25) is 9.59 Å². The number of hydrogen-bond acceptors (Lipinski definition) is 10. The Morgan fingerprint density at radius 3 is 2.30 bits per heavy atom. The molecule has 0 radical (unpaired) electrons. The Labute approximate surface area is 279 Å². The highest BCUT2D eigenvalue weighted by atomic mass is 16.7. The van der Waals surface area contributed by atoms with Crippen LogP contribution in [0, 0.1) is 50.7 Å². The van der Waals surface area contributed by atoms with Crippen LogP contribution >= 0.6 is 0 Å². The van der Waals surface area contributed by atoms with Crippen LogP contribution in [-0.2, 0) is 28.5 Å². The van der Waals surface area contributed by atoms with E-state index in [1.807, 2.05) is 0 Å². The second-order valence-corrected chi connectivity index (χ2v) is 18.4. The minimum absolute atomic E-state index is 0.0668. The number of Topliss-reactive ketones (excluding diaryl/α,β-unsaturated/α-hetero) is 1. The van der Waals surface area contributed by atoms with Crippen molar-refractivity contribution in [1.82, 2.24) is 0 Å². The van der Waals surface area contributed by atoms with Crippen molar-refractivity contribution in [1.29, 1.82) is 0 Å². The minimum Gasteiger partial charge on any atom is -0.457 e. The molecular formula is C37H58O10. The van der Waals surface area contributed by atoms with E-state index in [2.05, 4.69) is 34.6 Å². The number of carbonyl (C=O) groups excluding carboxylic acids is 2. The molecule has 5 saturated carbocycles. The summed E-state index contributed by atoms with van der Waals surface area (Å²) in [5.41, 5.74) is -2.06. The van der Waals surface area contributed by atoms with Gasteiger partial charge >= 0.3 is 5.97 Å². The SMILES string of the molecule is CC(=O)O[C@@H]([C@H]1C[C@@H](C)C2C(O1)C(=O)[C@@]1(C)[C@@H]3CC[C@H]4C(C)(C)[C@@H](O[C@@H]5OC[C@@H](O)[C@H](O)[C@H]5O)CC[C@@]45C[C@@]35CC[C@]21C)C(C)(C)O. The number of aliphatic hydroxyl groups is 4. The number of aliphatic hydroxyl groups excluding tert-OH is 3. The van der Waals surface area contributed by atoms with Gasteiger partial charge in [0.05, 0.1) is 24.4 Å². The standard InChI is InChI=1S/C37H58O10/c1-18-15-21(30(33(5,6)43)45-19(2)38)46-28-25(18)34(7)13-14-37-17-36(37)12-11-24(47-31-27(41)26(40)20(39)16-44-31)32(3,4)22(36)9-10-23(37)35(34,8)29(28)42/h18,20-28,30-31,39-41,43H,9-17H2,1-8H3/t18-,20-,21-,22+,23+,24+,25?,26+,27-,28?,30+,31+,34-,35-,36-,37+/m1/s1. The third kappa shape index (κ3) is 4.46. The highest BCUT2D eigenvalue weighted by molar-refractivity contribution is 5.93. The first-order valence-electron chi connectivity index (χ1n) is 18.2. The van der Waals surface area contributed by atoms with Crippen molar-refractivity contribution in [3.05, 3.63) is 0 Å². The first-order chi connectivity index (χ1) is 21.8. The lowest BCUT2D eigenvalue weighted by molar-refractivity contribution is -0.302. The van der Waals surface area contributed by atoms with Gasteiger partial charge in [0, 0.05) is 18.3 Å². The number of hydrogen-bond donors (Lipinski definition) is 4. The predicted octanol–water partition coefficient (Wildman–Crippen LogP) is 3.53. The number of ketones is 1. The van der Waals surface area contributed by atoms with E-state index < -0.39 is 59.9 Å². The second-order valence-electron chi connectivity index (χ2n) is 18.4. The van der Waals surface area contributed by atoms with Crippen molar-refractivity contribution in [3.8, 4) is 0 Å². The lowest BCUT2D eigenvalue weighted by Gasteiger charge is -2.62. The van der Waals surface area contributed by atoms with Gasteiger partial charge in [0.2, 0.25) is 0 Å². The van der Waals surface area contributed by atoms with E-state index in [1.54, 1.807) is 13.8 Å². The summed E-state index contributed by atoms with van der Waals surface area (Å²) in [5.74, 6) is 0.603. The molecule has 0 aromatic heterocycles. The Balaban J connectivity index is 1.15. The Kier molecular flexibility index (Phi) is 7.80. The average Bonchev–Trinajstić information content (AvgIpc) is 3.61. The summed E-state index contributed by atoms with van der Waals surface area (Å²) in [7, 11) is 0. The fourth-order valence-corrected chi connectivity index (χ4v) is 13.4. The summed E-state index contributed by atoms with van der Waals surface area (Å²) in [6.45, 7) is 15.9. The fraction of sp³-hybridized carbons (Fsp3) is 0.946. The molecule has 2 aliphatic heterocycles. The van der Waals surface area contributed by atoms with Crippen molar-refractivity contribution in [2.45, 2.75) is 161 Å². The van der Waals surface area contributed by atoms with Crippen molar-refractivity contribution in [2.24, 2.45) is 50.7 Å². The molecule has 0 aromatic rings. The van der Waals surface area contributed by atoms with Gasteiger partial charge in [0.1, 0.15) is 24.4 Å². The number of fused-ring (bicyclic) bond motifs is 4.